The van der Waals surface area contributed by atoms with Crippen molar-refractivity contribution < 1.29 is 5.11 Å². The van der Waals surface area contributed by atoms with E-state index in [1.54, 1.807) is 0 Å². The highest BCUT2D eigenvalue weighted by atomic mass is 16.3. The van der Waals surface area contributed by atoms with Crippen LogP contribution in [-0.2, 0) is 18.4 Å². The first-order chi connectivity index (χ1) is 6.71. The number of nitrogens with two attached hydrogens (primary N) is 1. The second kappa shape index (κ2) is 3.37. The quantitative estimate of drug-likeness (QED) is 0.641. The zero-order valence-electron chi connectivity index (χ0n) is 8.51. The summed E-state index contributed by atoms with van der Waals surface area (Å²) in [5.41, 5.74) is 7.80. The summed E-state index contributed by atoms with van der Waals surface area (Å²) < 4.78 is 0. The molecule has 0 aliphatic heterocycles. The lowest BCUT2D eigenvalue weighted by Crippen LogP contribution is -2.38. The summed E-state index contributed by atoms with van der Waals surface area (Å²) in [7, 11) is 0. The van der Waals surface area contributed by atoms with E-state index in [9.17, 15) is 5.11 Å². The number of fused-ring (bicyclic) bond motifs is 1. The number of hydrogen-bond donors (Lipinski definition) is 3. The number of aromatic amines is 1. The highest BCUT2D eigenvalue weighted by molar-refractivity contribution is 5.34. The molecule has 0 radical (unpaired) electrons. The molecular formula is C10H17N3O. The van der Waals surface area contributed by atoms with Gasteiger partial charge in [-0.3, -0.25) is 5.10 Å². The summed E-state index contributed by atoms with van der Waals surface area (Å²) >= 11 is 0. The molecular weight excluding hydrogens is 178 g/mol. The number of H-pyrrole nitrogens is 1. The van der Waals surface area contributed by atoms with Crippen molar-refractivity contribution >= 4 is 0 Å². The third-order valence-electron chi connectivity index (χ3n) is 3.07. The molecule has 1 aromatic heterocycles. The Labute approximate surface area is 83.5 Å². The normalized spacial score (nSPS) is 26.2. The number of rotatable bonds is 2. The van der Waals surface area contributed by atoms with Crippen LogP contribution in [0.25, 0.3) is 0 Å². The third-order valence-corrected chi connectivity index (χ3v) is 3.07. The molecule has 4 N–H and O–H groups in total. The average molecular weight is 195 g/mol. The molecule has 1 atom stereocenters. The fraction of sp³-hybridized carbons (Fsp3) is 0.700. The standard InChI is InChI=1S/C10H17N3O/c1-2-7-9-8(13-12-7)4-3-5-10(9,14)6-11/h14H,2-6,11H2,1H3,(H,12,13). The van der Waals surface area contributed by atoms with Gasteiger partial charge in [-0.1, -0.05) is 6.92 Å². The maximum absolute atomic E-state index is 10.3. The predicted molar refractivity (Wildman–Crippen MR) is 53.9 cm³/mol. The maximum Gasteiger partial charge on any atom is 0.105 e. The molecule has 1 heterocycles. The van der Waals surface area contributed by atoms with Crippen molar-refractivity contribution in [2.75, 3.05) is 6.54 Å². The zero-order valence-corrected chi connectivity index (χ0v) is 8.51. The third kappa shape index (κ3) is 1.26. The van der Waals surface area contributed by atoms with Gasteiger partial charge < -0.3 is 10.8 Å². The van der Waals surface area contributed by atoms with Crippen molar-refractivity contribution in [1.82, 2.24) is 10.2 Å². The van der Waals surface area contributed by atoms with Crippen LogP contribution < -0.4 is 5.73 Å². The highest BCUT2D eigenvalue weighted by Crippen LogP contribution is 2.35. The number of aryl methyl sites for hydroxylation is 2. The summed E-state index contributed by atoms with van der Waals surface area (Å²) in [5.74, 6) is 0. The number of aliphatic hydroxyl groups is 1. The second-order valence-electron chi connectivity index (χ2n) is 3.97. The van der Waals surface area contributed by atoms with Crippen molar-refractivity contribution in [3.63, 3.8) is 0 Å². The minimum Gasteiger partial charge on any atom is -0.384 e. The minimum atomic E-state index is -0.841. The molecule has 0 saturated heterocycles. The van der Waals surface area contributed by atoms with Crippen molar-refractivity contribution in [2.45, 2.75) is 38.2 Å². The molecule has 1 unspecified atom stereocenters. The number of nitrogens with zero attached hydrogens (tertiary/aromatic N) is 1. The predicted octanol–water partition coefficient (Wildman–Crippen LogP) is 0.455. The van der Waals surface area contributed by atoms with Gasteiger partial charge in [-0.2, -0.15) is 5.10 Å². The Kier molecular flexibility index (Phi) is 2.33. The van der Waals surface area contributed by atoms with Gasteiger partial charge in [0.25, 0.3) is 0 Å². The van der Waals surface area contributed by atoms with E-state index in [1.807, 2.05) is 6.92 Å². The topological polar surface area (TPSA) is 74.9 Å². The summed E-state index contributed by atoms with van der Waals surface area (Å²) in [5, 5.41) is 17.6. The van der Waals surface area contributed by atoms with E-state index >= 15 is 0 Å². The Morgan fingerprint density at radius 3 is 3.07 bits per heavy atom. The molecule has 0 fully saturated rings. The van der Waals surface area contributed by atoms with Crippen molar-refractivity contribution in [1.29, 1.82) is 0 Å². The largest absolute Gasteiger partial charge is 0.384 e. The van der Waals surface area contributed by atoms with Gasteiger partial charge in [0, 0.05) is 17.8 Å². The molecule has 4 heteroatoms. The lowest BCUT2D eigenvalue weighted by Gasteiger charge is -2.31. The van der Waals surface area contributed by atoms with Gasteiger partial charge in [-0.15, -0.1) is 0 Å². The van der Waals surface area contributed by atoms with Crippen LogP contribution in [-0.4, -0.2) is 21.8 Å². The number of hydrogen-bond acceptors (Lipinski definition) is 3. The van der Waals surface area contributed by atoms with Crippen molar-refractivity contribution in [3.8, 4) is 0 Å². The van der Waals surface area contributed by atoms with E-state index in [1.165, 1.54) is 0 Å². The van der Waals surface area contributed by atoms with Crippen LogP contribution in [0.1, 0.15) is 36.7 Å². The molecule has 14 heavy (non-hydrogen) atoms. The first-order valence-corrected chi connectivity index (χ1v) is 5.20. The number of aromatic nitrogens is 2. The Bertz CT molecular complexity index is 321. The van der Waals surface area contributed by atoms with Crippen LogP contribution in [0.15, 0.2) is 0 Å². The molecule has 0 amide bonds. The summed E-state index contributed by atoms with van der Waals surface area (Å²) in [6.07, 6.45) is 3.55. The summed E-state index contributed by atoms with van der Waals surface area (Å²) in [6, 6.07) is 0. The van der Waals surface area contributed by atoms with Gasteiger partial charge in [0.1, 0.15) is 5.60 Å². The lowest BCUT2D eigenvalue weighted by atomic mass is 9.81. The molecule has 0 spiro atoms. The van der Waals surface area contributed by atoms with Crippen LogP contribution in [0.2, 0.25) is 0 Å². The van der Waals surface area contributed by atoms with Gasteiger partial charge >= 0.3 is 0 Å². The van der Waals surface area contributed by atoms with Crippen LogP contribution >= 0.6 is 0 Å². The molecule has 4 nitrogen and oxygen atoms in total. The van der Waals surface area contributed by atoms with Gasteiger partial charge in [0.2, 0.25) is 0 Å². The Balaban J connectivity index is 2.50. The fourth-order valence-corrected chi connectivity index (χ4v) is 2.29. The van der Waals surface area contributed by atoms with Crippen LogP contribution in [0.5, 0.6) is 0 Å². The summed E-state index contributed by atoms with van der Waals surface area (Å²) in [4.78, 5) is 0. The van der Waals surface area contributed by atoms with E-state index in [4.69, 9.17) is 5.73 Å². The molecule has 1 aliphatic carbocycles. The van der Waals surface area contributed by atoms with E-state index in [0.717, 1.165) is 42.6 Å². The molecule has 78 valence electrons. The van der Waals surface area contributed by atoms with E-state index < -0.39 is 5.60 Å². The molecule has 0 saturated carbocycles. The van der Waals surface area contributed by atoms with Gasteiger partial charge in [0.15, 0.2) is 0 Å². The average Bonchev–Trinajstić information content (AvgIpc) is 2.62. The van der Waals surface area contributed by atoms with E-state index in [-0.39, 0.29) is 6.54 Å². The van der Waals surface area contributed by atoms with Gasteiger partial charge in [0.05, 0.1) is 5.69 Å². The Morgan fingerprint density at radius 2 is 2.43 bits per heavy atom. The molecule has 1 aliphatic rings. The Morgan fingerprint density at radius 1 is 1.64 bits per heavy atom. The minimum absolute atomic E-state index is 0.284. The first kappa shape index (κ1) is 9.68. The SMILES string of the molecule is CCc1n[nH]c2c1C(O)(CN)CCC2. The van der Waals surface area contributed by atoms with Crippen molar-refractivity contribution in [2.24, 2.45) is 5.73 Å². The maximum atomic E-state index is 10.3. The zero-order chi connectivity index (χ0) is 10.2. The smallest absolute Gasteiger partial charge is 0.105 e. The van der Waals surface area contributed by atoms with Crippen molar-refractivity contribution in [3.05, 3.63) is 17.0 Å². The van der Waals surface area contributed by atoms with Gasteiger partial charge in [-0.05, 0) is 25.7 Å². The Hall–Kier alpha value is -0.870. The van der Waals surface area contributed by atoms with Crippen LogP contribution in [0, 0.1) is 0 Å². The summed E-state index contributed by atoms with van der Waals surface area (Å²) in [6.45, 7) is 2.33. The lowest BCUT2D eigenvalue weighted by molar-refractivity contribution is 0.0271. The van der Waals surface area contributed by atoms with E-state index in [2.05, 4.69) is 10.2 Å². The van der Waals surface area contributed by atoms with E-state index in [0.29, 0.717) is 0 Å². The monoisotopic (exact) mass is 195 g/mol. The molecule has 0 bridgehead atoms. The highest BCUT2D eigenvalue weighted by Gasteiger charge is 2.36. The van der Waals surface area contributed by atoms with Gasteiger partial charge in [-0.25, -0.2) is 0 Å². The second-order valence-corrected chi connectivity index (χ2v) is 3.97. The first-order valence-electron chi connectivity index (χ1n) is 5.20. The van der Waals surface area contributed by atoms with Crippen LogP contribution in [0.4, 0.5) is 0 Å². The van der Waals surface area contributed by atoms with Crippen LogP contribution in [0.3, 0.4) is 0 Å². The molecule has 1 aromatic rings. The number of nitrogens with one attached hydrogen (secondary N) is 1. The fourth-order valence-electron chi connectivity index (χ4n) is 2.29. The molecule has 0 aromatic carbocycles. The molecule has 2 rings (SSSR count).